The van der Waals surface area contributed by atoms with Crippen molar-refractivity contribution < 1.29 is 33.4 Å². The van der Waals surface area contributed by atoms with E-state index in [-0.39, 0.29) is 29.9 Å². The van der Waals surface area contributed by atoms with Crippen LogP contribution in [-0.2, 0) is 23.8 Å². The molecule has 2 unspecified atom stereocenters. The van der Waals surface area contributed by atoms with Gasteiger partial charge in [-0.05, 0) is 63.9 Å². The molecule has 63 heavy (non-hydrogen) atoms. The van der Waals surface area contributed by atoms with Gasteiger partial charge in [-0.1, -0.05) is 92.7 Å². The minimum absolute atomic E-state index is 0.112. The molecule has 2 fully saturated rings. The van der Waals surface area contributed by atoms with Gasteiger partial charge in [0.1, 0.15) is 23.7 Å². The third-order valence-corrected chi connectivity index (χ3v) is 12.1. The molecule has 2 saturated heterocycles. The van der Waals surface area contributed by atoms with E-state index in [1.165, 1.54) is 14.2 Å². The fraction of sp³-hybridized carbons (Fsp3) is 0.333. The predicted molar refractivity (Wildman–Crippen MR) is 237 cm³/mol. The molecule has 326 valence electrons. The molecule has 6 aromatic rings. The van der Waals surface area contributed by atoms with Gasteiger partial charge < -0.3 is 44.6 Å². The van der Waals surface area contributed by atoms with Crippen LogP contribution in [0.25, 0.3) is 44.4 Å². The molecule has 4 aromatic carbocycles. The van der Waals surface area contributed by atoms with Crippen molar-refractivity contribution in [1.82, 2.24) is 40.4 Å². The van der Waals surface area contributed by atoms with Crippen LogP contribution in [0.3, 0.4) is 0 Å². The number of methoxy groups -OCH3 is 3. The number of carbonyl (C=O) groups is 4. The number of rotatable bonds is 12. The van der Waals surface area contributed by atoms with Gasteiger partial charge in [0.15, 0.2) is 0 Å². The fourth-order valence-electron chi connectivity index (χ4n) is 8.68. The number of alkyl carbamates (subject to hydrolysis) is 2. The molecule has 0 radical (unpaired) electrons. The summed E-state index contributed by atoms with van der Waals surface area (Å²) in [5, 5.41) is 7.57. The maximum absolute atomic E-state index is 14.1. The first-order valence-electron chi connectivity index (χ1n) is 21.2. The largest absolute Gasteiger partial charge is 0.453 e. The Morgan fingerprint density at radius 1 is 0.683 bits per heavy atom. The summed E-state index contributed by atoms with van der Waals surface area (Å²) in [6, 6.07) is 27.8. The third-order valence-electron chi connectivity index (χ3n) is 12.1. The van der Waals surface area contributed by atoms with Gasteiger partial charge in [0.2, 0.25) is 5.91 Å². The molecular formula is C48H52N8O7. The number of hydrogen-bond acceptors (Lipinski definition) is 9. The molecule has 15 nitrogen and oxygen atoms in total. The summed E-state index contributed by atoms with van der Waals surface area (Å²) in [5.41, 5.74) is 6.37. The summed E-state index contributed by atoms with van der Waals surface area (Å²) in [7, 11) is 4.19. The third kappa shape index (κ3) is 9.00. The predicted octanol–water partition coefficient (Wildman–Crippen LogP) is 7.72. The SMILES string of the molecule is COC(=O)N[C@H](C(=O)N1C[C@@H](OC)CC1c1ncc(-c2ccc(-c3ccc4cc(-c5cnc(C6CCCN6C(=O)[C@@H](NC(=O)OC)C(C)C)[nH]5)ccc4c3)cc2)[nH]1)c1ccccc1. The number of H-pyrrole nitrogens is 2. The molecule has 15 heteroatoms. The van der Waals surface area contributed by atoms with E-state index in [4.69, 9.17) is 24.2 Å². The van der Waals surface area contributed by atoms with Crippen molar-refractivity contribution in [2.24, 2.45) is 5.92 Å². The van der Waals surface area contributed by atoms with Crippen LogP contribution in [0, 0.1) is 5.92 Å². The van der Waals surface area contributed by atoms with Gasteiger partial charge in [-0.25, -0.2) is 19.6 Å². The molecule has 2 aliphatic heterocycles. The van der Waals surface area contributed by atoms with Crippen LogP contribution in [0.1, 0.15) is 68.4 Å². The van der Waals surface area contributed by atoms with Crippen LogP contribution < -0.4 is 10.6 Å². The first-order chi connectivity index (χ1) is 30.5. The molecule has 8 rings (SSSR count). The Kier molecular flexibility index (Phi) is 12.6. The van der Waals surface area contributed by atoms with Crippen LogP contribution >= 0.6 is 0 Å². The van der Waals surface area contributed by atoms with Crippen LogP contribution in [0.2, 0.25) is 0 Å². The van der Waals surface area contributed by atoms with Crippen LogP contribution in [0.15, 0.2) is 103 Å². The Morgan fingerprint density at radius 3 is 1.92 bits per heavy atom. The van der Waals surface area contributed by atoms with Crippen molar-refractivity contribution in [3.63, 3.8) is 0 Å². The maximum atomic E-state index is 14.1. The zero-order valence-corrected chi connectivity index (χ0v) is 36.0. The van der Waals surface area contributed by atoms with Crippen LogP contribution in [-0.4, -0.2) is 100 Å². The molecule has 4 N–H and O–H groups in total. The van der Waals surface area contributed by atoms with Gasteiger partial charge in [0.05, 0.1) is 56.2 Å². The number of aromatic nitrogens is 4. The molecule has 0 spiro atoms. The van der Waals surface area contributed by atoms with E-state index in [0.29, 0.717) is 30.9 Å². The lowest BCUT2D eigenvalue weighted by Gasteiger charge is -2.30. The number of amides is 4. The standard InChI is InChI=1S/C48H52N8O7/c1-28(2)41(53-47(59)62-4)45(57)55-21-9-12-39(55)43-49-26-38(52-43)35-20-19-33-22-32(17-18-34(33)23-35)29-13-15-30(16-14-29)37-25-50-44(51-37)40-24-36(61-3)27-56(40)46(58)42(54-48(60)63-5)31-10-7-6-8-11-31/h6-8,10-11,13-20,22-23,25-26,28,36,39-42H,9,12,21,24,27H2,1-5H3,(H,49,52)(H,50,51)(H,53,59)(H,54,60)/t36-,39?,40?,41-,42-/m0/s1. The van der Waals surface area contributed by atoms with E-state index in [1.54, 1.807) is 30.3 Å². The second kappa shape index (κ2) is 18.5. The van der Waals surface area contributed by atoms with Crippen molar-refractivity contribution in [3.8, 4) is 33.6 Å². The van der Waals surface area contributed by atoms with Gasteiger partial charge in [0.25, 0.3) is 5.91 Å². The zero-order valence-electron chi connectivity index (χ0n) is 36.0. The highest BCUT2D eigenvalue weighted by molar-refractivity contribution is 5.91. The number of hydrogen-bond donors (Lipinski definition) is 4. The summed E-state index contributed by atoms with van der Waals surface area (Å²) in [6.45, 7) is 4.73. The lowest BCUT2D eigenvalue weighted by atomic mass is 9.98. The van der Waals surface area contributed by atoms with Crippen molar-refractivity contribution in [1.29, 1.82) is 0 Å². The highest BCUT2D eigenvalue weighted by Crippen LogP contribution is 2.37. The summed E-state index contributed by atoms with van der Waals surface area (Å²) in [6.07, 6.45) is 4.22. The van der Waals surface area contributed by atoms with E-state index in [0.717, 1.165) is 63.1 Å². The van der Waals surface area contributed by atoms with Crippen LogP contribution in [0.5, 0.6) is 0 Å². The van der Waals surface area contributed by atoms with Gasteiger partial charge in [0, 0.05) is 32.2 Å². The lowest BCUT2D eigenvalue weighted by molar-refractivity contribution is -0.136. The molecule has 2 aliphatic rings. The second-order valence-electron chi connectivity index (χ2n) is 16.3. The Hall–Kier alpha value is -7.00. The average molecular weight is 853 g/mol. The van der Waals surface area contributed by atoms with E-state index in [9.17, 15) is 19.2 Å². The number of ether oxygens (including phenoxy) is 3. The summed E-state index contributed by atoms with van der Waals surface area (Å²) < 4.78 is 15.3. The zero-order chi connectivity index (χ0) is 44.2. The van der Waals surface area contributed by atoms with Crippen LogP contribution in [0.4, 0.5) is 9.59 Å². The number of nitrogens with one attached hydrogen (secondary N) is 4. The number of likely N-dealkylation sites (tertiary alicyclic amines) is 2. The second-order valence-corrected chi connectivity index (χ2v) is 16.3. The van der Waals surface area contributed by atoms with E-state index in [2.05, 4.69) is 81.3 Å². The Morgan fingerprint density at radius 2 is 1.27 bits per heavy atom. The molecule has 0 aliphatic carbocycles. The van der Waals surface area contributed by atoms with Gasteiger partial charge in [-0.2, -0.15) is 0 Å². The van der Waals surface area contributed by atoms with Crippen molar-refractivity contribution >= 4 is 34.8 Å². The number of carbonyl (C=O) groups excluding carboxylic acids is 4. The lowest BCUT2D eigenvalue weighted by Crippen LogP contribution is -2.51. The molecule has 2 aromatic heterocycles. The minimum Gasteiger partial charge on any atom is -0.453 e. The number of nitrogens with zero attached hydrogens (tertiary/aromatic N) is 4. The first-order valence-corrected chi connectivity index (χ1v) is 21.2. The number of aromatic amines is 2. The van der Waals surface area contributed by atoms with E-state index >= 15 is 0 Å². The Labute approximate surface area is 365 Å². The van der Waals surface area contributed by atoms with Crippen molar-refractivity contribution in [2.45, 2.75) is 63.4 Å². The van der Waals surface area contributed by atoms with Crippen molar-refractivity contribution in [2.75, 3.05) is 34.4 Å². The number of benzene rings is 4. The number of fused-ring (bicyclic) bond motifs is 1. The highest BCUT2D eigenvalue weighted by Gasteiger charge is 2.42. The van der Waals surface area contributed by atoms with E-state index < -0.39 is 30.3 Å². The molecule has 0 bridgehead atoms. The van der Waals surface area contributed by atoms with Gasteiger partial charge in [-0.15, -0.1) is 0 Å². The molecule has 4 heterocycles. The average Bonchev–Trinajstić information content (AvgIpc) is 4.16. The number of imidazole rings is 2. The van der Waals surface area contributed by atoms with Gasteiger partial charge >= 0.3 is 12.2 Å². The Balaban J connectivity index is 0.957. The smallest absolute Gasteiger partial charge is 0.407 e. The molecular weight excluding hydrogens is 801 g/mol. The Bertz CT molecular complexity index is 2590. The summed E-state index contributed by atoms with van der Waals surface area (Å²) >= 11 is 0. The summed E-state index contributed by atoms with van der Waals surface area (Å²) in [4.78, 5) is 72.0. The fourth-order valence-corrected chi connectivity index (χ4v) is 8.68. The molecule has 0 saturated carbocycles. The van der Waals surface area contributed by atoms with Gasteiger partial charge in [-0.3, -0.25) is 9.59 Å². The van der Waals surface area contributed by atoms with E-state index in [1.807, 2.05) is 43.1 Å². The first kappa shape index (κ1) is 42.7. The highest BCUT2D eigenvalue weighted by atomic mass is 16.5. The minimum atomic E-state index is -0.947. The monoisotopic (exact) mass is 852 g/mol. The molecule has 4 amide bonds. The molecule has 5 atom stereocenters. The quantitative estimate of drug-likeness (QED) is 0.0958. The van der Waals surface area contributed by atoms with Crippen molar-refractivity contribution in [3.05, 3.63) is 121 Å². The normalized spacial score (nSPS) is 18.3. The summed E-state index contributed by atoms with van der Waals surface area (Å²) in [5.74, 6) is 0.815. The topological polar surface area (TPSA) is 184 Å². The maximum Gasteiger partial charge on any atom is 0.407 e.